The van der Waals surface area contributed by atoms with Crippen LogP contribution >= 0.6 is 0 Å². The first kappa shape index (κ1) is 31.4. The number of benzene rings is 9. The first-order valence-electron chi connectivity index (χ1n) is 20.0. The van der Waals surface area contributed by atoms with E-state index in [1.54, 1.807) is 0 Å². The Balaban J connectivity index is 1.09. The van der Waals surface area contributed by atoms with E-state index in [2.05, 4.69) is 225 Å². The van der Waals surface area contributed by atoms with Gasteiger partial charge in [0.2, 0.25) is 0 Å². The Morgan fingerprint density at radius 1 is 0.207 bits per heavy atom. The zero-order chi connectivity index (χ0) is 37.9. The third kappa shape index (κ3) is 4.23. The molecule has 0 amide bonds. The first-order chi connectivity index (χ1) is 28.8. The topological polar surface area (TPSA) is 19.7 Å². The molecule has 4 nitrogen and oxygen atoms in total. The van der Waals surface area contributed by atoms with E-state index in [0.29, 0.717) is 0 Å². The number of fused-ring (bicyclic) bond motifs is 12. The summed E-state index contributed by atoms with van der Waals surface area (Å²) in [6.07, 6.45) is 0. The number of hydrogen-bond donors (Lipinski definition) is 0. The summed E-state index contributed by atoms with van der Waals surface area (Å²) in [5.41, 5.74) is 14.1. The first-order valence-corrected chi connectivity index (χ1v) is 20.0. The Bertz CT molecular complexity index is 3740. The second-order valence-electron chi connectivity index (χ2n) is 15.3. The lowest BCUT2D eigenvalue weighted by Crippen LogP contribution is -2.01. The molecule has 4 heteroatoms. The van der Waals surface area contributed by atoms with Gasteiger partial charge in [0, 0.05) is 60.2 Å². The standard InChI is InChI=1S/C54H34N4/c1-2-15-35(16-3-1)57-49-26-12-7-20-41(49)44-22-14-28-52(54(44)57)58-50-27-13-6-19-40(50)43-31-29-37(34-53(43)58)56-48-25-11-8-21-42(48)45-33-36(30-32-51(45)56)55-46-23-9-4-17-38(46)39-18-5-10-24-47(39)55/h1-34H. The van der Waals surface area contributed by atoms with Gasteiger partial charge in [0.1, 0.15) is 0 Å². The molecule has 0 N–H and O–H groups in total. The highest BCUT2D eigenvalue weighted by Gasteiger charge is 2.22. The Hall–Kier alpha value is -7.82. The smallest absolute Gasteiger partial charge is 0.0782 e. The predicted octanol–water partition coefficient (Wildman–Crippen LogP) is 14.1. The predicted molar refractivity (Wildman–Crippen MR) is 244 cm³/mol. The summed E-state index contributed by atoms with van der Waals surface area (Å²) in [7, 11) is 0. The molecule has 4 aromatic heterocycles. The van der Waals surface area contributed by atoms with Crippen LogP contribution in [0.4, 0.5) is 0 Å². The van der Waals surface area contributed by atoms with E-state index in [1.807, 2.05) is 0 Å². The molecule has 13 rings (SSSR count). The highest BCUT2D eigenvalue weighted by atomic mass is 15.1. The van der Waals surface area contributed by atoms with Gasteiger partial charge in [-0.2, -0.15) is 0 Å². The monoisotopic (exact) mass is 738 g/mol. The van der Waals surface area contributed by atoms with Gasteiger partial charge in [0.15, 0.2) is 0 Å². The van der Waals surface area contributed by atoms with E-state index in [4.69, 9.17) is 0 Å². The molecular formula is C54H34N4. The number of hydrogen-bond acceptors (Lipinski definition) is 0. The minimum atomic E-state index is 1.13. The lowest BCUT2D eigenvalue weighted by atomic mass is 10.1. The third-order valence-electron chi connectivity index (χ3n) is 12.3. The van der Waals surface area contributed by atoms with E-state index in [9.17, 15) is 0 Å². The van der Waals surface area contributed by atoms with Crippen LogP contribution < -0.4 is 0 Å². The van der Waals surface area contributed by atoms with Crippen molar-refractivity contribution in [3.63, 3.8) is 0 Å². The van der Waals surface area contributed by atoms with Crippen LogP contribution in [0.15, 0.2) is 206 Å². The van der Waals surface area contributed by atoms with Crippen LogP contribution in [-0.2, 0) is 0 Å². The highest BCUT2D eigenvalue weighted by molar-refractivity contribution is 6.16. The molecule has 0 unspecified atom stereocenters. The minimum absolute atomic E-state index is 1.13. The van der Waals surface area contributed by atoms with Gasteiger partial charge in [-0.15, -0.1) is 0 Å². The average Bonchev–Trinajstić information content (AvgIpc) is 4.01. The second kappa shape index (κ2) is 11.8. The van der Waals surface area contributed by atoms with Crippen molar-refractivity contribution in [1.29, 1.82) is 0 Å². The summed E-state index contributed by atoms with van der Waals surface area (Å²) in [4.78, 5) is 0. The van der Waals surface area contributed by atoms with Crippen LogP contribution in [0.1, 0.15) is 0 Å². The van der Waals surface area contributed by atoms with E-state index >= 15 is 0 Å². The summed E-state index contributed by atoms with van der Waals surface area (Å²) >= 11 is 0. The normalized spacial score (nSPS) is 12.1. The minimum Gasteiger partial charge on any atom is -0.309 e. The fourth-order valence-electron chi connectivity index (χ4n) is 9.96. The molecule has 0 fully saturated rings. The third-order valence-corrected chi connectivity index (χ3v) is 12.3. The SMILES string of the molecule is c1ccc(-n2c3ccccc3c3cccc(-n4c5ccccc5c5ccc(-n6c7ccccc7c7cc(-n8c9ccccc9c9ccccc98)ccc76)cc54)c32)cc1. The van der Waals surface area contributed by atoms with E-state index in [-0.39, 0.29) is 0 Å². The van der Waals surface area contributed by atoms with Gasteiger partial charge in [-0.1, -0.05) is 127 Å². The molecule has 4 heterocycles. The Kier molecular flexibility index (Phi) is 6.41. The molecule has 0 bridgehead atoms. The Labute approximate surface area is 333 Å². The largest absolute Gasteiger partial charge is 0.309 e. The van der Waals surface area contributed by atoms with Crippen LogP contribution in [-0.4, -0.2) is 18.3 Å². The van der Waals surface area contributed by atoms with Gasteiger partial charge in [0.25, 0.3) is 0 Å². The summed E-state index contributed by atoms with van der Waals surface area (Å²) in [5, 5.41) is 9.95. The Morgan fingerprint density at radius 2 is 0.621 bits per heavy atom. The zero-order valence-corrected chi connectivity index (χ0v) is 31.4. The van der Waals surface area contributed by atoms with Gasteiger partial charge < -0.3 is 18.3 Å². The molecule has 0 aliphatic rings. The number of aromatic nitrogens is 4. The van der Waals surface area contributed by atoms with Crippen LogP contribution in [0.5, 0.6) is 0 Å². The van der Waals surface area contributed by atoms with Crippen molar-refractivity contribution < 1.29 is 0 Å². The van der Waals surface area contributed by atoms with Crippen molar-refractivity contribution >= 4 is 87.2 Å². The van der Waals surface area contributed by atoms with Gasteiger partial charge >= 0.3 is 0 Å². The van der Waals surface area contributed by atoms with Crippen molar-refractivity contribution in [2.75, 3.05) is 0 Å². The quantitative estimate of drug-likeness (QED) is 0.171. The number of rotatable bonds is 4. The second-order valence-corrected chi connectivity index (χ2v) is 15.3. The van der Waals surface area contributed by atoms with E-state index in [0.717, 1.165) is 22.7 Å². The molecular weight excluding hydrogens is 705 g/mol. The molecule has 0 aliphatic carbocycles. The van der Waals surface area contributed by atoms with Crippen molar-refractivity contribution in [2.45, 2.75) is 0 Å². The summed E-state index contributed by atoms with van der Waals surface area (Å²) in [6, 6.07) is 75.5. The summed E-state index contributed by atoms with van der Waals surface area (Å²) < 4.78 is 9.79. The summed E-state index contributed by atoms with van der Waals surface area (Å²) in [5.74, 6) is 0. The van der Waals surface area contributed by atoms with E-state index in [1.165, 1.54) is 87.2 Å². The highest BCUT2D eigenvalue weighted by Crippen LogP contribution is 2.42. The van der Waals surface area contributed by atoms with Crippen molar-refractivity contribution in [3.8, 4) is 22.7 Å². The van der Waals surface area contributed by atoms with Crippen molar-refractivity contribution in [3.05, 3.63) is 206 Å². The molecule has 0 saturated heterocycles. The average molecular weight is 739 g/mol. The molecule has 58 heavy (non-hydrogen) atoms. The number of para-hydroxylation sites is 7. The van der Waals surface area contributed by atoms with Gasteiger partial charge in [-0.3, -0.25) is 0 Å². The lowest BCUT2D eigenvalue weighted by Gasteiger charge is -2.15. The fourth-order valence-corrected chi connectivity index (χ4v) is 9.96. The molecule has 0 saturated carbocycles. The molecule has 0 radical (unpaired) electrons. The van der Waals surface area contributed by atoms with Gasteiger partial charge in [-0.25, -0.2) is 0 Å². The van der Waals surface area contributed by atoms with Gasteiger partial charge in [0.05, 0.1) is 49.8 Å². The van der Waals surface area contributed by atoms with Crippen molar-refractivity contribution in [2.24, 2.45) is 0 Å². The molecule has 0 spiro atoms. The maximum absolute atomic E-state index is 2.49. The maximum Gasteiger partial charge on any atom is 0.0782 e. The molecule has 270 valence electrons. The van der Waals surface area contributed by atoms with E-state index < -0.39 is 0 Å². The lowest BCUT2D eigenvalue weighted by molar-refractivity contribution is 1.12. The van der Waals surface area contributed by atoms with Crippen LogP contribution in [0.3, 0.4) is 0 Å². The molecule has 0 atom stereocenters. The van der Waals surface area contributed by atoms with Gasteiger partial charge in [-0.05, 0) is 78.9 Å². The Morgan fingerprint density at radius 3 is 1.22 bits per heavy atom. The molecule has 0 aliphatic heterocycles. The zero-order valence-electron chi connectivity index (χ0n) is 31.4. The maximum atomic E-state index is 2.49. The molecule has 13 aromatic rings. The fraction of sp³-hybridized carbons (Fsp3) is 0. The van der Waals surface area contributed by atoms with Crippen LogP contribution in [0.25, 0.3) is 110 Å². The number of nitrogens with zero attached hydrogens (tertiary/aromatic N) is 4. The molecule has 9 aromatic carbocycles. The van der Waals surface area contributed by atoms with Crippen LogP contribution in [0, 0.1) is 0 Å². The summed E-state index contributed by atoms with van der Waals surface area (Å²) in [6.45, 7) is 0. The van der Waals surface area contributed by atoms with Crippen molar-refractivity contribution in [1.82, 2.24) is 18.3 Å². The van der Waals surface area contributed by atoms with Crippen LogP contribution in [0.2, 0.25) is 0 Å².